The van der Waals surface area contributed by atoms with Gasteiger partial charge in [0.25, 0.3) is 11.8 Å². The Labute approximate surface area is 122 Å². The highest BCUT2D eigenvalue weighted by Gasteiger charge is 2.34. The number of imide groups is 1. The number of hydrogen-bond acceptors (Lipinski definition) is 6. The van der Waals surface area contributed by atoms with Gasteiger partial charge in [-0.25, -0.2) is 4.79 Å². The van der Waals surface area contributed by atoms with Crippen molar-refractivity contribution in [2.24, 2.45) is 5.73 Å². The van der Waals surface area contributed by atoms with Crippen LogP contribution in [0.15, 0.2) is 0 Å². The first-order valence-electron chi connectivity index (χ1n) is 6.40. The first kappa shape index (κ1) is 16.5. The fourth-order valence-electron chi connectivity index (χ4n) is 1.53. The van der Waals surface area contributed by atoms with E-state index >= 15 is 0 Å². The number of terminal acetylenes is 1. The predicted molar refractivity (Wildman–Crippen MR) is 75.2 cm³/mol. The Balaban J connectivity index is 2.21. The Morgan fingerprint density at radius 2 is 2.05 bits per heavy atom. The molecule has 1 aliphatic rings. The van der Waals surface area contributed by atoms with E-state index in [4.69, 9.17) is 17.0 Å². The van der Waals surface area contributed by atoms with Crippen molar-refractivity contribution in [3.05, 3.63) is 0 Å². The van der Waals surface area contributed by atoms with Crippen LogP contribution >= 0.6 is 11.8 Å². The highest BCUT2D eigenvalue weighted by Crippen LogP contribution is 2.13. The van der Waals surface area contributed by atoms with E-state index in [-0.39, 0.29) is 12.8 Å². The monoisotopic (exact) mass is 298 g/mol. The highest BCUT2D eigenvalue weighted by atomic mass is 32.2. The second kappa shape index (κ2) is 8.61. The lowest BCUT2D eigenvalue weighted by atomic mass is 10.3. The van der Waals surface area contributed by atoms with E-state index in [9.17, 15) is 14.4 Å². The van der Waals surface area contributed by atoms with Gasteiger partial charge in [-0.2, -0.15) is 11.8 Å². The van der Waals surface area contributed by atoms with Gasteiger partial charge in [-0.05, 0) is 18.6 Å². The number of thioether (sulfide) groups is 1. The van der Waals surface area contributed by atoms with Crippen molar-refractivity contribution in [3.63, 3.8) is 0 Å². The van der Waals surface area contributed by atoms with Crippen molar-refractivity contribution in [1.82, 2.24) is 5.06 Å². The molecule has 1 unspecified atom stereocenters. The van der Waals surface area contributed by atoms with Gasteiger partial charge in [0.05, 0.1) is 0 Å². The lowest BCUT2D eigenvalue weighted by Gasteiger charge is -2.15. The zero-order valence-electron chi connectivity index (χ0n) is 11.2. The molecule has 0 aromatic rings. The van der Waals surface area contributed by atoms with Gasteiger partial charge in [0, 0.05) is 25.0 Å². The van der Waals surface area contributed by atoms with E-state index < -0.39 is 23.8 Å². The molecule has 2 N–H and O–H groups in total. The Morgan fingerprint density at radius 3 is 2.65 bits per heavy atom. The van der Waals surface area contributed by atoms with Crippen LogP contribution in [0.5, 0.6) is 0 Å². The van der Waals surface area contributed by atoms with Crippen LogP contribution in [0.4, 0.5) is 0 Å². The van der Waals surface area contributed by atoms with Gasteiger partial charge in [-0.15, -0.1) is 17.4 Å². The summed E-state index contributed by atoms with van der Waals surface area (Å²) in [6.45, 7) is 0. The highest BCUT2D eigenvalue weighted by molar-refractivity contribution is 7.99. The second-order valence-corrected chi connectivity index (χ2v) is 5.48. The lowest BCUT2D eigenvalue weighted by Crippen LogP contribution is -2.41. The third-order valence-corrected chi connectivity index (χ3v) is 3.82. The molecule has 2 amide bonds. The first-order chi connectivity index (χ1) is 9.56. The van der Waals surface area contributed by atoms with Gasteiger partial charge < -0.3 is 10.6 Å². The summed E-state index contributed by atoms with van der Waals surface area (Å²) in [5.41, 5.74) is 5.65. The topological polar surface area (TPSA) is 89.7 Å². The number of hydroxylamine groups is 2. The summed E-state index contributed by atoms with van der Waals surface area (Å²) in [6.07, 6.45) is 7.93. The smallest absolute Gasteiger partial charge is 0.329 e. The average molecular weight is 298 g/mol. The van der Waals surface area contributed by atoms with E-state index in [0.717, 1.165) is 25.0 Å². The van der Waals surface area contributed by atoms with Gasteiger partial charge in [0.15, 0.2) is 0 Å². The fraction of sp³-hybridized carbons (Fsp3) is 0.615. The summed E-state index contributed by atoms with van der Waals surface area (Å²) in [5, 5.41) is 0.514. The quantitative estimate of drug-likeness (QED) is 0.398. The number of unbranched alkanes of at least 4 members (excludes halogenated alkanes) is 2. The molecule has 0 radical (unpaired) electrons. The molecule has 1 rings (SSSR count). The summed E-state index contributed by atoms with van der Waals surface area (Å²) in [7, 11) is 0. The van der Waals surface area contributed by atoms with Crippen molar-refractivity contribution in [3.8, 4) is 12.3 Å². The Bertz CT molecular complexity index is 403. The summed E-state index contributed by atoms with van der Waals surface area (Å²) in [4.78, 5) is 38.9. The van der Waals surface area contributed by atoms with E-state index in [1.165, 1.54) is 11.8 Å². The number of nitrogens with two attached hydrogens (primary N) is 1. The third kappa shape index (κ3) is 5.23. The van der Waals surface area contributed by atoms with Crippen molar-refractivity contribution in [1.29, 1.82) is 0 Å². The molecule has 1 fully saturated rings. The molecule has 20 heavy (non-hydrogen) atoms. The van der Waals surface area contributed by atoms with Crippen molar-refractivity contribution in [2.45, 2.75) is 38.1 Å². The molecule has 1 atom stereocenters. The maximum Gasteiger partial charge on any atom is 0.350 e. The normalized spacial score (nSPS) is 16.1. The van der Waals surface area contributed by atoms with Gasteiger partial charge in [0.1, 0.15) is 6.04 Å². The molecular formula is C13H18N2O4S. The maximum absolute atomic E-state index is 11.6. The van der Waals surface area contributed by atoms with Crippen LogP contribution in [0.3, 0.4) is 0 Å². The minimum atomic E-state index is -0.853. The lowest BCUT2D eigenvalue weighted by molar-refractivity contribution is -0.198. The molecule has 0 aromatic heterocycles. The van der Waals surface area contributed by atoms with Gasteiger partial charge in [-0.3, -0.25) is 9.59 Å². The van der Waals surface area contributed by atoms with Crippen LogP contribution in [-0.2, 0) is 19.2 Å². The number of hydrogen-bond donors (Lipinski definition) is 1. The molecule has 0 saturated carbocycles. The number of nitrogens with zero attached hydrogens (tertiary/aromatic N) is 1. The SMILES string of the molecule is C#CCCCCSCC(N)C(=O)ON1C(=O)CCC1=O. The third-order valence-electron chi connectivity index (χ3n) is 2.65. The van der Waals surface area contributed by atoms with Crippen LogP contribution in [0.2, 0.25) is 0 Å². The Morgan fingerprint density at radius 1 is 1.40 bits per heavy atom. The number of carbonyl (C=O) groups is 3. The van der Waals surface area contributed by atoms with E-state index in [1.807, 2.05) is 0 Å². The minimum Gasteiger partial charge on any atom is -0.329 e. The largest absolute Gasteiger partial charge is 0.350 e. The van der Waals surface area contributed by atoms with Crippen molar-refractivity contribution in [2.75, 3.05) is 11.5 Å². The van der Waals surface area contributed by atoms with E-state index in [1.54, 1.807) is 0 Å². The minimum absolute atomic E-state index is 0.0747. The average Bonchev–Trinajstić information content (AvgIpc) is 2.74. The standard InChI is InChI=1S/C13H18N2O4S/c1-2-3-4-5-8-20-9-10(14)13(18)19-15-11(16)6-7-12(15)17/h1,10H,3-9,14H2. The van der Waals surface area contributed by atoms with Crippen LogP contribution in [0.25, 0.3) is 0 Å². The molecule has 1 heterocycles. The molecule has 0 bridgehead atoms. The number of rotatable bonds is 8. The Kier molecular flexibility index (Phi) is 7.12. The van der Waals surface area contributed by atoms with Crippen LogP contribution < -0.4 is 5.73 Å². The fourth-order valence-corrected chi connectivity index (χ4v) is 2.49. The van der Waals surface area contributed by atoms with Crippen molar-refractivity contribution < 1.29 is 19.2 Å². The zero-order chi connectivity index (χ0) is 15.0. The molecule has 1 aliphatic heterocycles. The number of carbonyl (C=O) groups excluding carboxylic acids is 3. The summed E-state index contributed by atoms with van der Waals surface area (Å²) < 4.78 is 0. The van der Waals surface area contributed by atoms with Gasteiger partial charge in [0.2, 0.25) is 0 Å². The van der Waals surface area contributed by atoms with Crippen LogP contribution in [0.1, 0.15) is 32.1 Å². The van der Waals surface area contributed by atoms with Gasteiger partial charge in [-0.1, -0.05) is 0 Å². The second-order valence-electron chi connectivity index (χ2n) is 4.33. The molecule has 0 spiro atoms. The summed E-state index contributed by atoms with van der Waals surface area (Å²) in [6, 6.07) is -0.853. The molecule has 0 aliphatic carbocycles. The van der Waals surface area contributed by atoms with Crippen LogP contribution in [-0.4, -0.2) is 40.4 Å². The molecule has 0 aromatic carbocycles. The Hall–Kier alpha value is -1.52. The summed E-state index contributed by atoms with van der Waals surface area (Å²) >= 11 is 1.52. The molecule has 7 heteroatoms. The van der Waals surface area contributed by atoms with Gasteiger partial charge >= 0.3 is 5.97 Å². The molecule has 110 valence electrons. The zero-order valence-corrected chi connectivity index (χ0v) is 12.0. The maximum atomic E-state index is 11.6. The molecule has 1 saturated heterocycles. The first-order valence-corrected chi connectivity index (χ1v) is 7.56. The molecular weight excluding hydrogens is 280 g/mol. The summed E-state index contributed by atoms with van der Waals surface area (Å²) in [5.74, 6) is 2.02. The number of amides is 2. The predicted octanol–water partition coefficient (Wildman–Crippen LogP) is 0.458. The molecule has 6 nitrogen and oxygen atoms in total. The van der Waals surface area contributed by atoms with E-state index in [0.29, 0.717) is 10.8 Å². The van der Waals surface area contributed by atoms with Crippen molar-refractivity contribution >= 4 is 29.5 Å². The van der Waals surface area contributed by atoms with Crippen LogP contribution in [0, 0.1) is 12.3 Å². The van der Waals surface area contributed by atoms with E-state index in [2.05, 4.69) is 5.92 Å².